The summed E-state index contributed by atoms with van der Waals surface area (Å²) in [7, 11) is 0. The summed E-state index contributed by atoms with van der Waals surface area (Å²) >= 11 is 0. The summed E-state index contributed by atoms with van der Waals surface area (Å²) in [5.74, 6) is 0. The zero-order valence-electron chi connectivity index (χ0n) is 22.4. The van der Waals surface area contributed by atoms with Crippen LogP contribution in [0.3, 0.4) is 0 Å². The monoisotopic (exact) mass is 554 g/mol. The molecule has 5 aromatic rings. The Bertz CT molecular complexity index is 1250. The highest BCUT2D eigenvalue weighted by atomic mass is 32.1. The molecule has 5 rings (SSSR count). The first-order valence-corrected chi connectivity index (χ1v) is 12.6. The van der Waals surface area contributed by atoms with Crippen molar-refractivity contribution in [3.63, 3.8) is 0 Å². The quantitative estimate of drug-likeness (QED) is 0.154. The van der Waals surface area contributed by atoms with Crippen LogP contribution in [-0.2, 0) is 0 Å². The van der Waals surface area contributed by atoms with Gasteiger partial charge in [-0.25, -0.2) is 0 Å². The van der Waals surface area contributed by atoms with Crippen molar-refractivity contribution in [2.75, 3.05) is 21.3 Å². The number of para-hydroxylation sites is 3. The van der Waals surface area contributed by atoms with Gasteiger partial charge in [-0.15, -0.1) is 0 Å². The van der Waals surface area contributed by atoms with Crippen molar-refractivity contribution in [2.24, 2.45) is 0 Å². The Morgan fingerprint density at radius 2 is 0.564 bits per heavy atom. The zero-order valence-corrected chi connectivity index (χ0v) is 24.4. The van der Waals surface area contributed by atoms with Crippen molar-refractivity contribution in [1.29, 1.82) is 0 Å². The molecule has 0 aliphatic rings. The Morgan fingerprint density at radius 1 is 0.333 bits per heavy atom. The predicted molar refractivity (Wildman–Crippen MR) is 182 cm³/mol. The van der Waals surface area contributed by atoms with E-state index in [2.05, 4.69) is 120 Å². The normalized spacial score (nSPS) is 9.62. The highest BCUT2D eigenvalue weighted by Gasteiger charge is 1.98. The molecule has 6 heteroatoms. The second kappa shape index (κ2) is 16.8. The van der Waals surface area contributed by atoms with Crippen LogP contribution in [0.4, 0.5) is 39.8 Å². The van der Waals surface area contributed by atoms with Crippen molar-refractivity contribution < 1.29 is 0 Å². The third-order valence-corrected chi connectivity index (χ3v) is 5.41. The molecule has 0 unspecified atom stereocenters. The fourth-order valence-corrected chi connectivity index (χ4v) is 3.68. The lowest BCUT2D eigenvalue weighted by Gasteiger charge is -2.11. The van der Waals surface area contributed by atoms with E-state index in [1.165, 1.54) is 0 Å². The second-order valence-electron chi connectivity index (χ2n) is 8.93. The average Bonchev–Trinajstić information content (AvgIpc) is 2.93. The van der Waals surface area contributed by atoms with E-state index in [0.29, 0.717) is 6.04 Å². The lowest BCUT2D eigenvalue weighted by atomic mass is 10.2. The standard InChI is InChI=1S/C18H16N2.C15H18N2.2H2S/c1-3-7-15(8-4-1)19-17-11-13-18(14-12-17)20-16-9-5-2-6-10-16;1-12(2)16-14-8-10-15(11-9-14)17-13-6-4-3-5-7-13;;/h1-14,19-20H;3-12,16-17H,1-2H3;2*1H2. The predicted octanol–water partition coefficient (Wildman–Crippen LogP) is 9.65. The van der Waals surface area contributed by atoms with Gasteiger partial charge < -0.3 is 21.3 Å². The minimum absolute atomic E-state index is 0. The summed E-state index contributed by atoms with van der Waals surface area (Å²) < 4.78 is 0. The second-order valence-corrected chi connectivity index (χ2v) is 8.93. The van der Waals surface area contributed by atoms with E-state index >= 15 is 0 Å². The van der Waals surface area contributed by atoms with Crippen LogP contribution in [0.5, 0.6) is 0 Å². The van der Waals surface area contributed by atoms with Gasteiger partial charge >= 0.3 is 0 Å². The van der Waals surface area contributed by atoms with Crippen LogP contribution in [0.15, 0.2) is 140 Å². The number of anilines is 7. The third kappa shape index (κ3) is 11.1. The Hall–Kier alpha value is -4.00. The van der Waals surface area contributed by atoms with Gasteiger partial charge in [-0.2, -0.15) is 27.0 Å². The van der Waals surface area contributed by atoms with Gasteiger partial charge in [-0.3, -0.25) is 0 Å². The van der Waals surface area contributed by atoms with E-state index in [-0.39, 0.29) is 27.0 Å². The molecule has 0 spiro atoms. The molecular weight excluding hydrogens is 517 g/mol. The lowest BCUT2D eigenvalue weighted by molar-refractivity contribution is 0.900. The number of rotatable bonds is 8. The smallest absolute Gasteiger partial charge is 0.0385 e. The molecular formula is C33H38N4S2. The van der Waals surface area contributed by atoms with Crippen LogP contribution in [-0.4, -0.2) is 6.04 Å². The van der Waals surface area contributed by atoms with Crippen molar-refractivity contribution in [1.82, 2.24) is 0 Å². The molecule has 4 nitrogen and oxygen atoms in total. The first kappa shape index (κ1) is 31.2. The summed E-state index contributed by atoms with van der Waals surface area (Å²) in [4.78, 5) is 0. The van der Waals surface area contributed by atoms with Crippen LogP contribution in [0.1, 0.15) is 13.8 Å². The number of hydrogen-bond donors (Lipinski definition) is 4. The molecule has 0 fully saturated rings. The van der Waals surface area contributed by atoms with E-state index in [0.717, 1.165) is 39.8 Å². The maximum atomic E-state index is 3.37. The van der Waals surface area contributed by atoms with Crippen LogP contribution >= 0.6 is 27.0 Å². The topological polar surface area (TPSA) is 48.1 Å². The Kier molecular flexibility index (Phi) is 13.4. The summed E-state index contributed by atoms with van der Waals surface area (Å²) in [5, 5.41) is 13.5. The molecule has 0 aromatic heterocycles. The molecule has 0 radical (unpaired) electrons. The zero-order chi connectivity index (χ0) is 25.7. The Labute approximate surface area is 246 Å². The average molecular weight is 555 g/mol. The highest BCUT2D eigenvalue weighted by Crippen LogP contribution is 2.21. The minimum Gasteiger partial charge on any atom is -0.383 e. The SMILES string of the molecule is CC(C)Nc1ccc(Nc2ccccc2)cc1.S.S.c1ccc(Nc2ccc(Nc3ccccc3)cc2)cc1. The van der Waals surface area contributed by atoms with Gasteiger partial charge in [0.15, 0.2) is 0 Å². The van der Waals surface area contributed by atoms with E-state index in [1.54, 1.807) is 0 Å². The van der Waals surface area contributed by atoms with Crippen molar-refractivity contribution >= 4 is 66.8 Å². The Morgan fingerprint density at radius 3 is 0.821 bits per heavy atom. The van der Waals surface area contributed by atoms with Crippen molar-refractivity contribution in [3.05, 3.63) is 140 Å². The van der Waals surface area contributed by atoms with Crippen molar-refractivity contribution in [3.8, 4) is 0 Å². The Balaban J connectivity index is 0.000000263. The van der Waals surface area contributed by atoms with E-state index in [1.807, 2.05) is 54.6 Å². The molecule has 0 saturated heterocycles. The van der Waals surface area contributed by atoms with Crippen LogP contribution in [0.2, 0.25) is 0 Å². The van der Waals surface area contributed by atoms with Gasteiger partial charge in [0.1, 0.15) is 0 Å². The van der Waals surface area contributed by atoms with Gasteiger partial charge in [0.2, 0.25) is 0 Å². The lowest BCUT2D eigenvalue weighted by Crippen LogP contribution is -2.09. The number of benzene rings is 5. The molecule has 0 aliphatic heterocycles. The molecule has 0 atom stereocenters. The maximum absolute atomic E-state index is 3.37. The highest BCUT2D eigenvalue weighted by molar-refractivity contribution is 7.59. The summed E-state index contributed by atoms with van der Waals surface area (Å²) in [6.45, 7) is 4.27. The fourth-order valence-electron chi connectivity index (χ4n) is 3.68. The van der Waals surface area contributed by atoms with Gasteiger partial charge in [0.05, 0.1) is 0 Å². The molecule has 4 N–H and O–H groups in total. The maximum Gasteiger partial charge on any atom is 0.0385 e. The third-order valence-electron chi connectivity index (χ3n) is 5.41. The molecule has 5 aromatic carbocycles. The summed E-state index contributed by atoms with van der Waals surface area (Å²) in [6, 6.07) is 47.6. The molecule has 0 saturated carbocycles. The number of nitrogens with one attached hydrogen (secondary N) is 4. The largest absolute Gasteiger partial charge is 0.383 e. The van der Waals surface area contributed by atoms with Crippen LogP contribution < -0.4 is 21.3 Å². The minimum atomic E-state index is 0. The summed E-state index contributed by atoms with van der Waals surface area (Å²) in [5.41, 5.74) is 7.71. The van der Waals surface area contributed by atoms with Gasteiger partial charge in [0, 0.05) is 45.9 Å². The molecule has 0 bridgehead atoms. The number of hydrogen-bond acceptors (Lipinski definition) is 4. The van der Waals surface area contributed by atoms with Crippen molar-refractivity contribution in [2.45, 2.75) is 19.9 Å². The molecule has 39 heavy (non-hydrogen) atoms. The summed E-state index contributed by atoms with van der Waals surface area (Å²) in [6.07, 6.45) is 0. The first-order valence-electron chi connectivity index (χ1n) is 12.6. The van der Waals surface area contributed by atoms with Gasteiger partial charge in [0.25, 0.3) is 0 Å². The van der Waals surface area contributed by atoms with E-state index < -0.39 is 0 Å². The van der Waals surface area contributed by atoms with Crippen LogP contribution in [0.25, 0.3) is 0 Å². The van der Waals surface area contributed by atoms with Crippen LogP contribution in [0, 0.1) is 0 Å². The van der Waals surface area contributed by atoms with Gasteiger partial charge in [-0.1, -0.05) is 54.6 Å². The first-order chi connectivity index (χ1) is 18.1. The fraction of sp³-hybridized carbons (Fsp3) is 0.0909. The van der Waals surface area contributed by atoms with E-state index in [9.17, 15) is 0 Å². The molecule has 202 valence electrons. The molecule has 0 aliphatic carbocycles. The van der Waals surface area contributed by atoms with E-state index in [4.69, 9.17) is 0 Å². The molecule has 0 amide bonds. The van der Waals surface area contributed by atoms with Gasteiger partial charge in [-0.05, 0) is 98.8 Å². The molecule has 0 heterocycles.